The number of urea groups is 1. The van der Waals surface area contributed by atoms with E-state index in [1.54, 1.807) is 4.90 Å². The number of halogens is 1. The molecule has 30 heavy (non-hydrogen) atoms. The number of alkyl halides is 1. The number of likely N-dealkylation sites (tertiary alicyclic amines) is 1. The Kier molecular flexibility index (Phi) is 6.51. The Morgan fingerprint density at radius 3 is 2.67 bits per heavy atom. The number of nitrogens with zero attached hydrogens (tertiary/aromatic N) is 1. The molecule has 0 aromatic rings. The molecule has 5 amide bonds. The molecule has 6 unspecified atom stereocenters. The molecule has 2 heterocycles. The molecule has 2 aliphatic heterocycles. The molecule has 166 valence electrons. The van der Waals surface area contributed by atoms with E-state index in [4.69, 9.17) is 11.6 Å². The van der Waals surface area contributed by atoms with Gasteiger partial charge in [0.1, 0.15) is 6.04 Å². The number of amides is 5. The lowest BCUT2D eigenvalue weighted by molar-refractivity contribution is -0.144. The average Bonchev–Trinajstić information content (AvgIpc) is 3.04. The van der Waals surface area contributed by atoms with E-state index in [-0.39, 0.29) is 59.3 Å². The van der Waals surface area contributed by atoms with Gasteiger partial charge in [0.25, 0.3) is 0 Å². The van der Waals surface area contributed by atoms with Gasteiger partial charge in [-0.15, -0.1) is 11.6 Å². The molecule has 0 aromatic heterocycles. The number of nitrogens with one attached hydrogen (secondary N) is 3. The van der Waals surface area contributed by atoms with E-state index in [1.807, 2.05) is 0 Å². The zero-order valence-corrected chi connectivity index (χ0v) is 18.0. The van der Waals surface area contributed by atoms with Gasteiger partial charge in [-0.2, -0.15) is 0 Å². The van der Waals surface area contributed by atoms with E-state index in [2.05, 4.69) is 16.0 Å². The lowest BCUT2D eigenvalue weighted by Gasteiger charge is -2.31. The number of piperidine rings is 1. The number of carbonyl (C=O) groups is 4. The molecule has 4 rings (SSSR count). The minimum absolute atomic E-state index is 0.00527. The highest BCUT2D eigenvalue weighted by Crippen LogP contribution is 2.41. The first-order valence-electron chi connectivity index (χ1n) is 11.2. The highest BCUT2D eigenvalue weighted by atomic mass is 35.5. The van der Waals surface area contributed by atoms with Gasteiger partial charge in [-0.05, 0) is 50.4 Å². The molecule has 0 aromatic carbocycles. The molecule has 0 bridgehead atoms. The van der Waals surface area contributed by atoms with Crippen molar-refractivity contribution < 1.29 is 19.2 Å². The highest BCUT2D eigenvalue weighted by molar-refractivity contribution is 6.21. The average molecular weight is 439 g/mol. The summed E-state index contributed by atoms with van der Waals surface area (Å²) in [5.41, 5.74) is 0. The third kappa shape index (κ3) is 4.58. The van der Waals surface area contributed by atoms with Gasteiger partial charge in [0, 0.05) is 31.5 Å². The molecular formula is C21H31ClN4O4. The maximum absolute atomic E-state index is 13.0. The van der Waals surface area contributed by atoms with Crippen LogP contribution in [-0.2, 0) is 14.4 Å². The fourth-order valence-electron chi connectivity index (χ4n) is 5.55. The molecule has 9 heteroatoms. The molecule has 0 spiro atoms. The molecule has 3 N–H and O–H groups in total. The molecule has 2 saturated heterocycles. The van der Waals surface area contributed by atoms with E-state index in [0.29, 0.717) is 19.5 Å². The molecule has 0 radical (unpaired) electrons. The summed E-state index contributed by atoms with van der Waals surface area (Å²) in [5, 5.41) is 8.30. The van der Waals surface area contributed by atoms with Crippen molar-refractivity contribution in [1.82, 2.24) is 20.9 Å². The van der Waals surface area contributed by atoms with Crippen LogP contribution in [0, 0.1) is 17.8 Å². The van der Waals surface area contributed by atoms with Crippen LogP contribution in [0.25, 0.3) is 0 Å². The maximum atomic E-state index is 13.0. The van der Waals surface area contributed by atoms with Crippen molar-refractivity contribution >= 4 is 35.4 Å². The van der Waals surface area contributed by atoms with Gasteiger partial charge in [-0.3, -0.25) is 19.7 Å². The molecule has 4 aliphatic rings. The van der Waals surface area contributed by atoms with Gasteiger partial charge in [-0.25, -0.2) is 4.79 Å². The number of hydrogen-bond donors (Lipinski definition) is 3. The van der Waals surface area contributed by atoms with Crippen LogP contribution in [-0.4, -0.2) is 59.2 Å². The van der Waals surface area contributed by atoms with Gasteiger partial charge in [-0.1, -0.05) is 12.8 Å². The van der Waals surface area contributed by atoms with Crippen LogP contribution in [0.1, 0.15) is 57.8 Å². The highest BCUT2D eigenvalue weighted by Gasteiger charge is 2.48. The van der Waals surface area contributed by atoms with Gasteiger partial charge in [0.15, 0.2) is 0 Å². The molecule has 8 nitrogen and oxygen atoms in total. The Morgan fingerprint density at radius 2 is 1.90 bits per heavy atom. The number of imide groups is 1. The van der Waals surface area contributed by atoms with Gasteiger partial charge in [0.05, 0.1) is 5.38 Å². The van der Waals surface area contributed by atoms with E-state index in [1.165, 1.54) is 0 Å². The first-order valence-corrected chi connectivity index (χ1v) is 11.7. The summed E-state index contributed by atoms with van der Waals surface area (Å²) in [5.74, 6) is -0.180. The molecule has 2 aliphatic carbocycles. The zero-order valence-electron chi connectivity index (χ0n) is 17.2. The molecule has 4 fully saturated rings. The Morgan fingerprint density at radius 1 is 1.10 bits per heavy atom. The monoisotopic (exact) mass is 438 g/mol. The minimum atomic E-state index is -0.526. The van der Waals surface area contributed by atoms with Crippen LogP contribution in [0.4, 0.5) is 4.79 Å². The van der Waals surface area contributed by atoms with Crippen LogP contribution < -0.4 is 16.0 Å². The Labute approximate surface area is 181 Å². The van der Waals surface area contributed by atoms with Gasteiger partial charge in [0.2, 0.25) is 17.7 Å². The summed E-state index contributed by atoms with van der Waals surface area (Å²) in [6.45, 7) is 1.13. The van der Waals surface area contributed by atoms with Crippen LogP contribution in [0.2, 0.25) is 0 Å². The first-order chi connectivity index (χ1) is 14.4. The van der Waals surface area contributed by atoms with Gasteiger partial charge >= 0.3 is 6.03 Å². The fraction of sp³-hybridized carbons (Fsp3) is 0.810. The first kappa shape index (κ1) is 21.4. The van der Waals surface area contributed by atoms with Crippen molar-refractivity contribution in [3.8, 4) is 0 Å². The van der Waals surface area contributed by atoms with Crippen LogP contribution >= 0.6 is 11.6 Å². The quantitative estimate of drug-likeness (QED) is 0.456. The van der Waals surface area contributed by atoms with E-state index < -0.39 is 6.04 Å². The second kappa shape index (κ2) is 9.12. The van der Waals surface area contributed by atoms with Crippen LogP contribution in [0.15, 0.2) is 0 Å². The minimum Gasteiger partial charge on any atom is -0.338 e. The summed E-state index contributed by atoms with van der Waals surface area (Å²) in [6, 6.07) is -0.686. The van der Waals surface area contributed by atoms with Crippen molar-refractivity contribution in [2.45, 2.75) is 75.2 Å². The summed E-state index contributed by atoms with van der Waals surface area (Å²) in [7, 11) is 0. The van der Waals surface area contributed by atoms with Crippen molar-refractivity contribution in [2.75, 3.05) is 13.1 Å². The van der Waals surface area contributed by atoms with Crippen LogP contribution in [0.5, 0.6) is 0 Å². The van der Waals surface area contributed by atoms with Crippen LogP contribution in [0.3, 0.4) is 0 Å². The lowest BCUT2D eigenvalue weighted by atomic mass is 9.75. The third-order valence-corrected chi connectivity index (χ3v) is 7.79. The van der Waals surface area contributed by atoms with Crippen molar-refractivity contribution in [3.05, 3.63) is 0 Å². The summed E-state index contributed by atoms with van der Waals surface area (Å²) >= 11 is 6.32. The third-order valence-electron chi connectivity index (χ3n) is 7.27. The van der Waals surface area contributed by atoms with Crippen molar-refractivity contribution in [1.29, 1.82) is 0 Å². The maximum Gasteiger partial charge on any atom is 0.315 e. The standard InChI is InChI=1S/C21H31ClN4O4/c22-15-3-1-2-4-16(15)24-21(30)23-10-12-5-6-13-11-26(20(29)14(13)9-12)17-7-8-18(27)25-19(17)28/h12-17H,1-11H2,(H2,23,24,30)(H,25,27,28). The number of rotatable bonds is 4. The SMILES string of the molecule is O=C1CCC(N2CC3CCC(CNC(=O)NC4CCCCC4Cl)CC3C2=O)C(=O)N1. The second-order valence-corrected chi connectivity index (χ2v) is 9.83. The van der Waals surface area contributed by atoms with E-state index >= 15 is 0 Å². The normalized spacial score (nSPS) is 36.8. The number of hydrogen-bond acceptors (Lipinski definition) is 4. The largest absolute Gasteiger partial charge is 0.338 e. The Balaban J connectivity index is 1.26. The van der Waals surface area contributed by atoms with E-state index in [9.17, 15) is 19.2 Å². The molecule has 2 saturated carbocycles. The number of carbonyl (C=O) groups excluding carboxylic acids is 4. The Bertz CT molecular complexity index is 717. The second-order valence-electron chi connectivity index (χ2n) is 9.26. The summed E-state index contributed by atoms with van der Waals surface area (Å²) in [4.78, 5) is 50.5. The predicted molar refractivity (Wildman–Crippen MR) is 111 cm³/mol. The van der Waals surface area contributed by atoms with E-state index in [0.717, 1.165) is 44.9 Å². The summed E-state index contributed by atoms with van der Waals surface area (Å²) in [6.07, 6.45) is 7.34. The fourth-order valence-corrected chi connectivity index (χ4v) is 5.89. The smallest absolute Gasteiger partial charge is 0.315 e. The topological polar surface area (TPSA) is 108 Å². The van der Waals surface area contributed by atoms with Crippen molar-refractivity contribution in [2.24, 2.45) is 17.8 Å². The zero-order chi connectivity index (χ0) is 21.3. The molecular weight excluding hydrogens is 408 g/mol. The summed E-state index contributed by atoms with van der Waals surface area (Å²) < 4.78 is 0. The van der Waals surface area contributed by atoms with Crippen molar-refractivity contribution in [3.63, 3.8) is 0 Å². The van der Waals surface area contributed by atoms with Gasteiger partial charge < -0.3 is 15.5 Å². The Hall–Kier alpha value is -1.83. The predicted octanol–water partition coefficient (Wildman–Crippen LogP) is 1.52. The lowest BCUT2D eigenvalue weighted by Crippen LogP contribution is -2.53. The molecule has 6 atom stereocenters. The number of fused-ring (bicyclic) bond motifs is 1.